The largest absolute Gasteiger partial charge is 0.314 e. The first-order valence-electron chi connectivity index (χ1n) is 6.97. The van der Waals surface area contributed by atoms with E-state index in [-0.39, 0.29) is 11.8 Å². The second kappa shape index (κ2) is 6.32. The van der Waals surface area contributed by atoms with Gasteiger partial charge in [0.1, 0.15) is 0 Å². The van der Waals surface area contributed by atoms with Crippen molar-refractivity contribution in [2.75, 3.05) is 32.4 Å². The van der Waals surface area contributed by atoms with Crippen molar-refractivity contribution in [1.82, 2.24) is 14.9 Å². The smallest absolute Gasteiger partial charge is 0.211 e. The SMILES string of the molecule is CN1CCCC(NS(=O)(=O)CCCNC2CC2)C1. The van der Waals surface area contributed by atoms with E-state index < -0.39 is 10.0 Å². The van der Waals surface area contributed by atoms with Crippen molar-refractivity contribution in [3.8, 4) is 0 Å². The van der Waals surface area contributed by atoms with E-state index in [4.69, 9.17) is 0 Å². The van der Waals surface area contributed by atoms with E-state index in [9.17, 15) is 8.42 Å². The quantitative estimate of drug-likeness (QED) is 0.649. The molecule has 0 amide bonds. The lowest BCUT2D eigenvalue weighted by molar-refractivity contribution is 0.242. The maximum atomic E-state index is 11.9. The molecule has 2 N–H and O–H groups in total. The number of sulfonamides is 1. The molecule has 1 saturated carbocycles. The molecule has 0 spiro atoms. The molecule has 0 aromatic rings. The maximum Gasteiger partial charge on any atom is 0.211 e. The van der Waals surface area contributed by atoms with Gasteiger partial charge in [-0.3, -0.25) is 0 Å². The summed E-state index contributed by atoms with van der Waals surface area (Å²) in [6.07, 6.45) is 5.24. The summed E-state index contributed by atoms with van der Waals surface area (Å²) >= 11 is 0. The van der Waals surface area contributed by atoms with Gasteiger partial charge in [0.05, 0.1) is 5.75 Å². The van der Waals surface area contributed by atoms with Gasteiger partial charge in [-0.15, -0.1) is 0 Å². The Bertz CT molecular complexity index is 354. The number of likely N-dealkylation sites (tertiary alicyclic amines) is 1. The molecule has 5 nitrogen and oxygen atoms in total. The highest BCUT2D eigenvalue weighted by molar-refractivity contribution is 7.89. The van der Waals surface area contributed by atoms with Crippen LogP contribution in [0.5, 0.6) is 0 Å². The molecule has 1 unspecified atom stereocenters. The number of piperidine rings is 1. The highest BCUT2D eigenvalue weighted by atomic mass is 32.2. The van der Waals surface area contributed by atoms with E-state index in [1.807, 2.05) is 7.05 Å². The van der Waals surface area contributed by atoms with Crippen LogP contribution in [-0.4, -0.2) is 57.8 Å². The summed E-state index contributed by atoms with van der Waals surface area (Å²) in [5.41, 5.74) is 0. The van der Waals surface area contributed by atoms with Gasteiger partial charge in [-0.05, 0) is 52.2 Å². The molecule has 2 rings (SSSR count). The molecule has 1 heterocycles. The third-order valence-corrected chi connectivity index (χ3v) is 5.09. The molecule has 2 aliphatic rings. The van der Waals surface area contributed by atoms with Gasteiger partial charge in [0.15, 0.2) is 0 Å². The molecule has 106 valence electrons. The predicted molar refractivity (Wildman–Crippen MR) is 73.1 cm³/mol. The molecular weight excluding hydrogens is 250 g/mol. The van der Waals surface area contributed by atoms with Crippen LogP contribution in [0.15, 0.2) is 0 Å². The third-order valence-electron chi connectivity index (χ3n) is 3.57. The highest BCUT2D eigenvalue weighted by Crippen LogP contribution is 2.18. The van der Waals surface area contributed by atoms with Gasteiger partial charge in [0.2, 0.25) is 10.0 Å². The molecule has 0 bridgehead atoms. The molecule has 0 aromatic carbocycles. The standard InChI is InChI=1S/C12H25N3O2S/c1-15-8-2-4-12(10-15)14-18(16,17)9-3-7-13-11-5-6-11/h11-14H,2-10H2,1H3. The summed E-state index contributed by atoms with van der Waals surface area (Å²) in [6, 6.07) is 0.762. The highest BCUT2D eigenvalue weighted by Gasteiger charge is 2.23. The molecule has 1 atom stereocenters. The molecule has 18 heavy (non-hydrogen) atoms. The molecule has 0 radical (unpaired) electrons. The Morgan fingerprint density at radius 2 is 2.00 bits per heavy atom. The van der Waals surface area contributed by atoms with E-state index in [0.717, 1.165) is 32.5 Å². The van der Waals surface area contributed by atoms with Crippen LogP contribution in [0.4, 0.5) is 0 Å². The van der Waals surface area contributed by atoms with Crippen LogP contribution in [0.25, 0.3) is 0 Å². The second-order valence-electron chi connectivity index (χ2n) is 5.62. The lowest BCUT2D eigenvalue weighted by Gasteiger charge is -2.29. The van der Waals surface area contributed by atoms with Crippen molar-refractivity contribution in [1.29, 1.82) is 0 Å². The Morgan fingerprint density at radius 3 is 2.67 bits per heavy atom. The van der Waals surface area contributed by atoms with E-state index in [1.54, 1.807) is 0 Å². The normalized spacial score (nSPS) is 26.4. The Hall–Kier alpha value is -0.170. The van der Waals surface area contributed by atoms with E-state index in [2.05, 4.69) is 14.9 Å². The minimum absolute atomic E-state index is 0.102. The average Bonchev–Trinajstić information content (AvgIpc) is 3.07. The Balaban J connectivity index is 1.65. The number of hydrogen-bond acceptors (Lipinski definition) is 4. The molecule has 1 aliphatic carbocycles. The number of hydrogen-bond donors (Lipinski definition) is 2. The fourth-order valence-electron chi connectivity index (χ4n) is 2.43. The zero-order valence-electron chi connectivity index (χ0n) is 11.2. The van der Waals surface area contributed by atoms with Crippen molar-refractivity contribution in [2.45, 2.75) is 44.2 Å². The van der Waals surface area contributed by atoms with Crippen LogP contribution in [0.1, 0.15) is 32.1 Å². The zero-order chi connectivity index (χ0) is 13.0. The molecule has 1 aliphatic heterocycles. The number of nitrogens with one attached hydrogen (secondary N) is 2. The topological polar surface area (TPSA) is 61.4 Å². The van der Waals surface area contributed by atoms with Crippen molar-refractivity contribution in [3.63, 3.8) is 0 Å². The average molecular weight is 275 g/mol. The molecular formula is C12H25N3O2S. The summed E-state index contributed by atoms with van der Waals surface area (Å²) in [5.74, 6) is 0.243. The van der Waals surface area contributed by atoms with Gasteiger partial charge < -0.3 is 10.2 Å². The maximum absolute atomic E-state index is 11.9. The van der Waals surface area contributed by atoms with E-state index >= 15 is 0 Å². The fourth-order valence-corrected chi connectivity index (χ4v) is 3.77. The summed E-state index contributed by atoms with van der Waals surface area (Å²) in [6.45, 7) is 2.72. The monoisotopic (exact) mass is 275 g/mol. The summed E-state index contributed by atoms with van der Waals surface area (Å²) in [5, 5.41) is 3.34. The fraction of sp³-hybridized carbons (Fsp3) is 1.00. The zero-order valence-corrected chi connectivity index (χ0v) is 12.0. The number of rotatable bonds is 7. The van der Waals surface area contributed by atoms with Gasteiger partial charge in [0, 0.05) is 18.6 Å². The third kappa shape index (κ3) is 5.22. The Kier molecular flexibility index (Phi) is 5.00. The minimum atomic E-state index is -3.10. The lowest BCUT2D eigenvalue weighted by Crippen LogP contribution is -2.47. The van der Waals surface area contributed by atoms with Gasteiger partial charge in [0.25, 0.3) is 0 Å². The lowest BCUT2D eigenvalue weighted by atomic mass is 10.1. The van der Waals surface area contributed by atoms with Gasteiger partial charge in [-0.2, -0.15) is 0 Å². The van der Waals surface area contributed by atoms with Crippen LogP contribution < -0.4 is 10.0 Å². The van der Waals surface area contributed by atoms with Crippen LogP contribution in [0.3, 0.4) is 0 Å². The minimum Gasteiger partial charge on any atom is -0.314 e. The van der Waals surface area contributed by atoms with E-state index in [1.165, 1.54) is 12.8 Å². The van der Waals surface area contributed by atoms with Crippen LogP contribution in [0.2, 0.25) is 0 Å². The Morgan fingerprint density at radius 1 is 1.22 bits per heavy atom. The summed E-state index contributed by atoms with van der Waals surface area (Å²) in [7, 11) is -1.06. The summed E-state index contributed by atoms with van der Waals surface area (Å²) < 4.78 is 26.6. The van der Waals surface area contributed by atoms with Crippen molar-refractivity contribution in [2.24, 2.45) is 0 Å². The number of likely N-dealkylation sites (N-methyl/N-ethyl adjacent to an activating group) is 1. The van der Waals surface area contributed by atoms with Gasteiger partial charge >= 0.3 is 0 Å². The summed E-state index contributed by atoms with van der Waals surface area (Å²) in [4.78, 5) is 2.19. The van der Waals surface area contributed by atoms with E-state index in [0.29, 0.717) is 12.5 Å². The van der Waals surface area contributed by atoms with Crippen LogP contribution in [-0.2, 0) is 10.0 Å². The molecule has 6 heteroatoms. The Labute approximate surface area is 110 Å². The molecule has 0 aromatic heterocycles. The van der Waals surface area contributed by atoms with Crippen molar-refractivity contribution < 1.29 is 8.42 Å². The van der Waals surface area contributed by atoms with Crippen LogP contribution >= 0.6 is 0 Å². The first-order chi connectivity index (χ1) is 8.55. The van der Waals surface area contributed by atoms with Crippen LogP contribution in [0, 0.1) is 0 Å². The predicted octanol–water partition coefficient (Wildman–Crippen LogP) is 0.142. The number of nitrogens with zero attached hydrogens (tertiary/aromatic N) is 1. The first-order valence-corrected chi connectivity index (χ1v) is 8.62. The van der Waals surface area contributed by atoms with Gasteiger partial charge in [-0.25, -0.2) is 13.1 Å². The van der Waals surface area contributed by atoms with Gasteiger partial charge in [-0.1, -0.05) is 0 Å². The van der Waals surface area contributed by atoms with Crippen molar-refractivity contribution in [3.05, 3.63) is 0 Å². The second-order valence-corrected chi connectivity index (χ2v) is 7.49. The first kappa shape index (κ1) is 14.2. The molecule has 2 fully saturated rings. The molecule has 1 saturated heterocycles. The van der Waals surface area contributed by atoms with Crippen molar-refractivity contribution >= 4 is 10.0 Å².